The van der Waals surface area contributed by atoms with Crippen LogP contribution in [0.25, 0.3) is 11.0 Å². The van der Waals surface area contributed by atoms with E-state index in [1.165, 1.54) is 11.1 Å². The minimum absolute atomic E-state index is 0.0244. The molecule has 31 heavy (non-hydrogen) atoms. The van der Waals surface area contributed by atoms with Gasteiger partial charge in [0, 0.05) is 25.4 Å². The summed E-state index contributed by atoms with van der Waals surface area (Å²) in [7, 11) is 0. The molecule has 0 bridgehead atoms. The zero-order valence-electron chi connectivity index (χ0n) is 19.1. The zero-order chi connectivity index (χ0) is 22.1. The molecule has 0 radical (unpaired) electrons. The van der Waals surface area contributed by atoms with Crippen LogP contribution in [0.4, 0.5) is 0 Å². The number of carbonyl (C=O) groups excluding carboxylic acids is 1. The largest absolute Gasteiger partial charge is 0.494 e. The van der Waals surface area contributed by atoms with Crippen molar-refractivity contribution in [3.05, 3.63) is 59.9 Å². The van der Waals surface area contributed by atoms with Gasteiger partial charge < -0.3 is 14.6 Å². The van der Waals surface area contributed by atoms with Crippen LogP contribution in [0.5, 0.6) is 5.75 Å². The van der Waals surface area contributed by atoms with E-state index in [0.29, 0.717) is 13.2 Å². The van der Waals surface area contributed by atoms with Gasteiger partial charge in [0.15, 0.2) is 0 Å². The first-order valence-corrected chi connectivity index (χ1v) is 11.5. The summed E-state index contributed by atoms with van der Waals surface area (Å²) in [6, 6.07) is 16.7. The van der Waals surface area contributed by atoms with Crippen molar-refractivity contribution in [3.8, 4) is 5.75 Å². The molecule has 0 aliphatic rings. The van der Waals surface area contributed by atoms with Crippen LogP contribution in [0.1, 0.15) is 51.4 Å². The van der Waals surface area contributed by atoms with Crippen LogP contribution in [-0.2, 0) is 24.2 Å². The first kappa shape index (κ1) is 22.9. The molecule has 166 valence electrons. The van der Waals surface area contributed by atoms with Gasteiger partial charge in [0.1, 0.15) is 11.6 Å². The van der Waals surface area contributed by atoms with Crippen molar-refractivity contribution >= 4 is 16.9 Å². The normalized spacial score (nSPS) is 11.2. The molecule has 0 aliphatic carbocycles. The third-order valence-electron chi connectivity index (χ3n) is 5.51. The second-order valence-corrected chi connectivity index (χ2v) is 8.27. The number of nitrogens with zero attached hydrogens (tertiary/aromatic N) is 2. The highest BCUT2D eigenvalue weighted by molar-refractivity contribution is 5.77. The second-order valence-electron chi connectivity index (χ2n) is 8.27. The topological polar surface area (TPSA) is 56.1 Å². The second kappa shape index (κ2) is 11.5. The van der Waals surface area contributed by atoms with Gasteiger partial charge in [0.05, 0.1) is 17.6 Å². The Labute approximate surface area is 185 Å². The average molecular weight is 422 g/mol. The van der Waals surface area contributed by atoms with Gasteiger partial charge in [-0.15, -0.1) is 0 Å². The standard InChI is InChI=1S/C26H35N3O2/c1-4-21-13-15-22(16-14-21)31-19-8-7-18-29-24-11-6-5-10-23(24)28-25(29)12-9-17-27-26(30)20(2)3/h5-6,10-11,13-16,20H,4,7-9,12,17-19H2,1-3H3,(H,27,30). The van der Waals surface area contributed by atoms with Crippen molar-refractivity contribution in [2.75, 3.05) is 13.2 Å². The average Bonchev–Trinajstić information content (AvgIpc) is 3.14. The Morgan fingerprint density at radius 1 is 1.06 bits per heavy atom. The molecule has 0 saturated carbocycles. The number of nitrogens with one attached hydrogen (secondary N) is 1. The summed E-state index contributed by atoms with van der Waals surface area (Å²) >= 11 is 0. The lowest BCUT2D eigenvalue weighted by molar-refractivity contribution is -0.123. The molecule has 0 unspecified atom stereocenters. The van der Waals surface area contributed by atoms with Crippen molar-refractivity contribution in [1.29, 1.82) is 0 Å². The van der Waals surface area contributed by atoms with E-state index in [0.717, 1.165) is 55.7 Å². The number of hydrogen-bond donors (Lipinski definition) is 1. The molecule has 0 aliphatic heterocycles. The van der Waals surface area contributed by atoms with Crippen LogP contribution in [0.3, 0.4) is 0 Å². The number of benzene rings is 2. The van der Waals surface area contributed by atoms with Crippen molar-refractivity contribution in [2.45, 2.75) is 59.4 Å². The van der Waals surface area contributed by atoms with E-state index in [-0.39, 0.29) is 11.8 Å². The smallest absolute Gasteiger partial charge is 0.222 e. The number of ether oxygens (including phenoxy) is 1. The fourth-order valence-electron chi connectivity index (χ4n) is 3.61. The molecule has 1 aromatic heterocycles. The molecule has 2 aromatic carbocycles. The number of imidazole rings is 1. The molecular weight excluding hydrogens is 386 g/mol. The van der Waals surface area contributed by atoms with Crippen LogP contribution < -0.4 is 10.1 Å². The predicted octanol–water partition coefficient (Wildman–Crippen LogP) is 5.16. The lowest BCUT2D eigenvalue weighted by atomic mass is 10.2. The van der Waals surface area contributed by atoms with Crippen molar-refractivity contribution in [1.82, 2.24) is 14.9 Å². The van der Waals surface area contributed by atoms with Crippen LogP contribution in [-0.4, -0.2) is 28.6 Å². The number of rotatable bonds is 12. The zero-order valence-corrected chi connectivity index (χ0v) is 19.1. The van der Waals surface area contributed by atoms with E-state index in [2.05, 4.69) is 59.3 Å². The van der Waals surface area contributed by atoms with Gasteiger partial charge in [-0.25, -0.2) is 4.98 Å². The predicted molar refractivity (Wildman–Crippen MR) is 126 cm³/mol. The molecule has 1 amide bonds. The van der Waals surface area contributed by atoms with Gasteiger partial charge in [-0.05, 0) is 55.5 Å². The molecular formula is C26H35N3O2. The summed E-state index contributed by atoms with van der Waals surface area (Å²) in [5.74, 6) is 2.17. The molecule has 0 saturated heterocycles. The van der Waals surface area contributed by atoms with E-state index in [1.807, 2.05) is 19.9 Å². The molecule has 1 N–H and O–H groups in total. The Morgan fingerprint density at radius 3 is 2.58 bits per heavy atom. The minimum Gasteiger partial charge on any atom is -0.494 e. The number of aryl methyl sites for hydroxylation is 3. The molecule has 5 heteroatoms. The monoisotopic (exact) mass is 421 g/mol. The first-order valence-electron chi connectivity index (χ1n) is 11.5. The fourth-order valence-corrected chi connectivity index (χ4v) is 3.61. The van der Waals surface area contributed by atoms with Crippen LogP contribution in [0.2, 0.25) is 0 Å². The third kappa shape index (κ3) is 6.58. The van der Waals surface area contributed by atoms with Gasteiger partial charge in [-0.3, -0.25) is 4.79 Å². The highest BCUT2D eigenvalue weighted by atomic mass is 16.5. The quantitative estimate of drug-likeness (QED) is 0.411. The molecule has 3 aromatic rings. The lowest BCUT2D eigenvalue weighted by Gasteiger charge is -2.11. The lowest BCUT2D eigenvalue weighted by Crippen LogP contribution is -2.28. The van der Waals surface area contributed by atoms with Crippen LogP contribution in [0.15, 0.2) is 48.5 Å². The maximum absolute atomic E-state index is 11.8. The number of unbranched alkanes of at least 4 members (excludes halogenated alkanes) is 1. The summed E-state index contributed by atoms with van der Waals surface area (Å²) in [6.45, 7) is 8.31. The van der Waals surface area contributed by atoms with Crippen molar-refractivity contribution in [2.24, 2.45) is 5.92 Å². The number of aromatic nitrogens is 2. The molecule has 5 nitrogen and oxygen atoms in total. The Morgan fingerprint density at radius 2 is 1.84 bits per heavy atom. The van der Waals surface area contributed by atoms with E-state index < -0.39 is 0 Å². The SMILES string of the molecule is CCc1ccc(OCCCCn2c(CCCNC(=O)C(C)C)nc3ccccc32)cc1. The summed E-state index contributed by atoms with van der Waals surface area (Å²) < 4.78 is 8.23. The number of carbonyl (C=O) groups is 1. The maximum atomic E-state index is 11.8. The van der Waals surface area contributed by atoms with Gasteiger partial charge in [0.2, 0.25) is 5.91 Å². The summed E-state index contributed by atoms with van der Waals surface area (Å²) in [5.41, 5.74) is 3.55. The Kier molecular flexibility index (Phi) is 8.51. The van der Waals surface area contributed by atoms with E-state index in [9.17, 15) is 4.79 Å². The Hall–Kier alpha value is -2.82. The Bertz CT molecular complexity index is 960. The fraction of sp³-hybridized carbons (Fsp3) is 0.462. The highest BCUT2D eigenvalue weighted by Gasteiger charge is 2.11. The number of hydrogen-bond acceptors (Lipinski definition) is 3. The number of amides is 1. The molecule has 1 heterocycles. The van der Waals surface area contributed by atoms with Crippen molar-refractivity contribution < 1.29 is 9.53 Å². The number of para-hydroxylation sites is 2. The summed E-state index contributed by atoms with van der Waals surface area (Å²) in [4.78, 5) is 16.6. The van der Waals surface area contributed by atoms with E-state index in [1.54, 1.807) is 0 Å². The Balaban J connectivity index is 1.51. The molecule has 0 spiro atoms. The molecule has 3 rings (SSSR count). The van der Waals surface area contributed by atoms with Gasteiger partial charge in [-0.2, -0.15) is 0 Å². The summed E-state index contributed by atoms with van der Waals surface area (Å²) in [5, 5.41) is 3.00. The molecule has 0 fully saturated rings. The van der Waals surface area contributed by atoms with E-state index in [4.69, 9.17) is 9.72 Å². The van der Waals surface area contributed by atoms with Gasteiger partial charge in [-0.1, -0.05) is 45.0 Å². The van der Waals surface area contributed by atoms with Gasteiger partial charge in [0.25, 0.3) is 0 Å². The van der Waals surface area contributed by atoms with Crippen LogP contribution >= 0.6 is 0 Å². The van der Waals surface area contributed by atoms with Crippen LogP contribution in [0, 0.1) is 5.92 Å². The van der Waals surface area contributed by atoms with Crippen molar-refractivity contribution in [3.63, 3.8) is 0 Å². The third-order valence-corrected chi connectivity index (χ3v) is 5.51. The maximum Gasteiger partial charge on any atom is 0.222 e. The highest BCUT2D eigenvalue weighted by Crippen LogP contribution is 2.18. The minimum atomic E-state index is 0.0244. The number of fused-ring (bicyclic) bond motifs is 1. The van der Waals surface area contributed by atoms with Gasteiger partial charge >= 0.3 is 0 Å². The first-order chi connectivity index (χ1) is 15.1. The van der Waals surface area contributed by atoms with E-state index >= 15 is 0 Å². The molecule has 0 atom stereocenters. The summed E-state index contributed by atoms with van der Waals surface area (Å²) in [6.07, 6.45) is 4.81.